The number of hydrogen-bond donors (Lipinski definition) is 1. The maximum absolute atomic E-state index is 12.2. The fourth-order valence-electron chi connectivity index (χ4n) is 2.17. The second-order valence-electron chi connectivity index (χ2n) is 4.80. The first-order valence-corrected chi connectivity index (χ1v) is 6.89. The number of nitrogens with one attached hydrogen (secondary N) is 1. The van der Waals surface area contributed by atoms with Crippen molar-refractivity contribution in [1.29, 1.82) is 0 Å². The van der Waals surface area contributed by atoms with Crippen molar-refractivity contribution in [3.63, 3.8) is 0 Å². The SMILES string of the molecule is O=C(Nc1ccc2c(c1)OCO2)c1nnc(-c2ccccc2)o1. The number of fused-ring (bicyclic) bond motifs is 1. The number of carbonyl (C=O) groups is 1. The van der Waals surface area contributed by atoms with Gasteiger partial charge in [-0.25, -0.2) is 0 Å². The Labute approximate surface area is 130 Å². The number of anilines is 1. The van der Waals surface area contributed by atoms with E-state index in [0.29, 0.717) is 23.1 Å². The Kier molecular flexibility index (Phi) is 3.16. The molecule has 4 rings (SSSR count). The number of hydrogen-bond acceptors (Lipinski definition) is 6. The second-order valence-corrected chi connectivity index (χ2v) is 4.80. The molecule has 0 atom stereocenters. The first kappa shape index (κ1) is 13.3. The summed E-state index contributed by atoms with van der Waals surface area (Å²) in [6.07, 6.45) is 0. The summed E-state index contributed by atoms with van der Waals surface area (Å²) >= 11 is 0. The third kappa shape index (κ3) is 2.59. The van der Waals surface area contributed by atoms with Crippen LogP contribution in [0.2, 0.25) is 0 Å². The van der Waals surface area contributed by atoms with E-state index in [4.69, 9.17) is 13.9 Å². The minimum absolute atomic E-state index is 0.110. The maximum atomic E-state index is 12.2. The number of nitrogens with zero attached hydrogens (tertiary/aromatic N) is 2. The summed E-state index contributed by atoms with van der Waals surface area (Å²) in [5, 5.41) is 10.3. The van der Waals surface area contributed by atoms with Gasteiger partial charge >= 0.3 is 11.8 Å². The lowest BCUT2D eigenvalue weighted by atomic mass is 10.2. The fourth-order valence-corrected chi connectivity index (χ4v) is 2.17. The molecular formula is C16H11N3O4. The monoisotopic (exact) mass is 309 g/mol. The van der Waals surface area contributed by atoms with Crippen LogP contribution in [-0.2, 0) is 0 Å². The molecule has 0 spiro atoms. The number of carbonyl (C=O) groups excluding carboxylic acids is 1. The molecule has 1 N–H and O–H groups in total. The van der Waals surface area contributed by atoms with Gasteiger partial charge in [0.2, 0.25) is 12.7 Å². The fraction of sp³-hybridized carbons (Fsp3) is 0.0625. The molecule has 3 aromatic rings. The first-order valence-electron chi connectivity index (χ1n) is 6.89. The predicted molar refractivity (Wildman–Crippen MR) is 80.3 cm³/mol. The van der Waals surface area contributed by atoms with E-state index >= 15 is 0 Å². The molecular weight excluding hydrogens is 298 g/mol. The number of ether oxygens (including phenoxy) is 2. The average molecular weight is 309 g/mol. The molecule has 7 nitrogen and oxygen atoms in total. The zero-order valence-corrected chi connectivity index (χ0v) is 11.9. The van der Waals surface area contributed by atoms with Crippen molar-refractivity contribution in [1.82, 2.24) is 10.2 Å². The van der Waals surface area contributed by atoms with Gasteiger partial charge in [0, 0.05) is 17.3 Å². The van der Waals surface area contributed by atoms with Gasteiger partial charge in [-0.05, 0) is 24.3 Å². The summed E-state index contributed by atoms with van der Waals surface area (Å²) in [5.74, 6) is 0.923. The van der Waals surface area contributed by atoms with Gasteiger partial charge < -0.3 is 19.2 Å². The highest BCUT2D eigenvalue weighted by molar-refractivity contribution is 6.01. The summed E-state index contributed by atoms with van der Waals surface area (Å²) < 4.78 is 15.9. The van der Waals surface area contributed by atoms with Crippen LogP contribution in [0.3, 0.4) is 0 Å². The summed E-state index contributed by atoms with van der Waals surface area (Å²) in [5.41, 5.74) is 1.31. The molecule has 1 aliphatic rings. The highest BCUT2D eigenvalue weighted by Gasteiger charge is 2.18. The molecule has 0 radical (unpaired) electrons. The van der Waals surface area contributed by atoms with E-state index < -0.39 is 5.91 Å². The molecule has 114 valence electrons. The summed E-state index contributed by atoms with van der Waals surface area (Å²) in [6.45, 7) is 0.177. The van der Waals surface area contributed by atoms with E-state index in [1.165, 1.54) is 0 Å². The van der Waals surface area contributed by atoms with E-state index in [0.717, 1.165) is 5.56 Å². The quantitative estimate of drug-likeness (QED) is 0.800. The molecule has 0 bridgehead atoms. The molecule has 2 aromatic carbocycles. The van der Waals surface area contributed by atoms with Gasteiger partial charge in [-0.2, -0.15) is 0 Å². The van der Waals surface area contributed by atoms with Gasteiger partial charge in [-0.1, -0.05) is 18.2 Å². The minimum Gasteiger partial charge on any atom is -0.454 e. The van der Waals surface area contributed by atoms with E-state index in [1.807, 2.05) is 30.3 Å². The number of rotatable bonds is 3. The van der Waals surface area contributed by atoms with Gasteiger partial charge in [0.1, 0.15) is 0 Å². The van der Waals surface area contributed by atoms with E-state index in [9.17, 15) is 4.79 Å². The van der Waals surface area contributed by atoms with Crippen molar-refractivity contribution in [2.45, 2.75) is 0 Å². The van der Waals surface area contributed by atoms with Crippen molar-refractivity contribution in [3.05, 3.63) is 54.4 Å². The highest BCUT2D eigenvalue weighted by Crippen LogP contribution is 2.34. The molecule has 0 fully saturated rings. The molecule has 7 heteroatoms. The van der Waals surface area contributed by atoms with Crippen LogP contribution in [0.4, 0.5) is 5.69 Å². The van der Waals surface area contributed by atoms with Gasteiger partial charge in [0.15, 0.2) is 11.5 Å². The Morgan fingerprint density at radius 3 is 2.70 bits per heavy atom. The Bertz CT molecular complexity index is 861. The molecule has 23 heavy (non-hydrogen) atoms. The van der Waals surface area contributed by atoms with Crippen molar-refractivity contribution in [3.8, 4) is 23.0 Å². The molecule has 1 amide bonds. The highest BCUT2D eigenvalue weighted by atomic mass is 16.7. The topological polar surface area (TPSA) is 86.5 Å². The van der Waals surface area contributed by atoms with Crippen LogP contribution < -0.4 is 14.8 Å². The van der Waals surface area contributed by atoms with Crippen molar-refractivity contribution in [2.24, 2.45) is 0 Å². The molecule has 0 aliphatic carbocycles. The van der Waals surface area contributed by atoms with Crippen LogP contribution in [0, 0.1) is 0 Å². The van der Waals surface area contributed by atoms with Crippen LogP contribution in [0.15, 0.2) is 52.9 Å². The minimum atomic E-state index is -0.487. The normalized spacial score (nSPS) is 12.2. The van der Waals surface area contributed by atoms with Crippen LogP contribution >= 0.6 is 0 Å². The Morgan fingerprint density at radius 2 is 1.83 bits per heavy atom. The molecule has 1 aliphatic heterocycles. The summed E-state index contributed by atoms with van der Waals surface area (Å²) in [7, 11) is 0. The largest absolute Gasteiger partial charge is 0.454 e. The van der Waals surface area contributed by atoms with E-state index in [-0.39, 0.29) is 12.7 Å². The van der Waals surface area contributed by atoms with Crippen molar-refractivity contribution in [2.75, 3.05) is 12.1 Å². The zero-order chi connectivity index (χ0) is 15.6. The Hall–Kier alpha value is -3.35. The van der Waals surface area contributed by atoms with Crippen molar-refractivity contribution >= 4 is 11.6 Å². The molecule has 0 unspecified atom stereocenters. The van der Waals surface area contributed by atoms with Crippen LogP contribution in [-0.4, -0.2) is 22.9 Å². The number of benzene rings is 2. The molecule has 0 saturated heterocycles. The molecule has 0 saturated carbocycles. The average Bonchev–Trinajstić information content (AvgIpc) is 3.24. The van der Waals surface area contributed by atoms with E-state index in [2.05, 4.69) is 15.5 Å². The lowest BCUT2D eigenvalue weighted by molar-refractivity contribution is 0.0991. The van der Waals surface area contributed by atoms with E-state index in [1.54, 1.807) is 18.2 Å². The Morgan fingerprint density at radius 1 is 1.00 bits per heavy atom. The van der Waals surface area contributed by atoms with Gasteiger partial charge in [0.05, 0.1) is 0 Å². The maximum Gasteiger partial charge on any atom is 0.313 e. The molecule has 1 aromatic heterocycles. The summed E-state index contributed by atoms with van der Waals surface area (Å²) in [4.78, 5) is 12.2. The summed E-state index contributed by atoms with van der Waals surface area (Å²) in [6, 6.07) is 14.3. The van der Waals surface area contributed by atoms with Crippen LogP contribution in [0.1, 0.15) is 10.7 Å². The lowest BCUT2D eigenvalue weighted by Crippen LogP contribution is -2.12. The zero-order valence-electron chi connectivity index (χ0n) is 11.9. The van der Waals surface area contributed by atoms with Gasteiger partial charge in [-0.15, -0.1) is 10.2 Å². The van der Waals surface area contributed by atoms with Gasteiger partial charge in [0.25, 0.3) is 0 Å². The number of aromatic nitrogens is 2. The third-order valence-electron chi connectivity index (χ3n) is 3.27. The number of amides is 1. The van der Waals surface area contributed by atoms with Crippen LogP contribution in [0.25, 0.3) is 11.5 Å². The van der Waals surface area contributed by atoms with Crippen LogP contribution in [0.5, 0.6) is 11.5 Å². The first-order chi connectivity index (χ1) is 11.3. The molecule has 2 heterocycles. The van der Waals surface area contributed by atoms with Gasteiger partial charge in [-0.3, -0.25) is 4.79 Å². The Balaban J connectivity index is 1.52. The standard InChI is InChI=1S/C16H11N3O4/c20-14(17-11-6-7-12-13(8-11)22-9-21-12)16-19-18-15(23-16)10-4-2-1-3-5-10/h1-8H,9H2,(H,17,20). The lowest BCUT2D eigenvalue weighted by Gasteiger charge is -2.03. The smallest absolute Gasteiger partial charge is 0.313 e. The third-order valence-corrected chi connectivity index (χ3v) is 3.27. The predicted octanol–water partition coefficient (Wildman–Crippen LogP) is 2.72. The second kappa shape index (κ2) is 5.45. The van der Waals surface area contributed by atoms with Crippen molar-refractivity contribution < 1.29 is 18.7 Å².